The van der Waals surface area contributed by atoms with Crippen molar-refractivity contribution in [1.82, 2.24) is 0 Å². The standard InChI is InChI=1S/C5H6F3/c1-2-3-4-5(6,7)8/h3H,2H2,1H3. The summed E-state index contributed by atoms with van der Waals surface area (Å²) in [6, 6.07) is 0. The molecule has 0 aromatic rings. The van der Waals surface area contributed by atoms with Crippen LogP contribution in [0.3, 0.4) is 0 Å². The van der Waals surface area contributed by atoms with Gasteiger partial charge in [-0.05, 0) is 6.42 Å². The quantitative estimate of drug-likeness (QED) is 0.502. The van der Waals surface area contributed by atoms with Gasteiger partial charge >= 0.3 is 6.18 Å². The molecule has 0 rings (SSSR count). The van der Waals surface area contributed by atoms with Crippen LogP contribution < -0.4 is 0 Å². The zero-order chi connectivity index (χ0) is 6.62. The predicted molar refractivity (Wildman–Crippen MR) is 24.2 cm³/mol. The normalized spacial score (nSPS) is 13.0. The number of alkyl halides is 3. The lowest BCUT2D eigenvalue weighted by Gasteiger charge is -1.93. The van der Waals surface area contributed by atoms with Crippen LogP contribution in [0.15, 0.2) is 6.08 Å². The number of allylic oxidation sites excluding steroid dienone is 2. The Hall–Kier alpha value is -0.470. The van der Waals surface area contributed by atoms with E-state index >= 15 is 0 Å². The Morgan fingerprint density at radius 1 is 1.50 bits per heavy atom. The second-order valence-corrected chi connectivity index (χ2v) is 1.25. The first-order chi connectivity index (χ1) is 3.56. The van der Waals surface area contributed by atoms with Crippen LogP contribution in [0.1, 0.15) is 13.3 Å². The molecule has 0 amide bonds. The predicted octanol–water partition coefficient (Wildman–Crippen LogP) is 2.32. The Morgan fingerprint density at radius 2 is 2.00 bits per heavy atom. The summed E-state index contributed by atoms with van der Waals surface area (Å²) in [6.07, 6.45) is -1.67. The van der Waals surface area contributed by atoms with Crippen molar-refractivity contribution in [3.8, 4) is 0 Å². The second kappa shape index (κ2) is 2.74. The summed E-state index contributed by atoms with van der Waals surface area (Å²) in [6.45, 7) is 1.62. The molecule has 0 aliphatic carbocycles. The average molecular weight is 123 g/mol. The Morgan fingerprint density at radius 3 is 2.12 bits per heavy atom. The molecule has 1 radical (unpaired) electrons. The molecule has 0 aliphatic rings. The van der Waals surface area contributed by atoms with E-state index in [4.69, 9.17) is 0 Å². The molecule has 47 valence electrons. The van der Waals surface area contributed by atoms with Crippen LogP contribution in [-0.2, 0) is 0 Å². The van der Waals surface area contributed by atoms with E-state index in [1.54, 1.807) is 6.92 Å². The van der Waals surface area contributed by atoms with Crippen LogP contribution in [0.5, 0.6) is 0 Å². The topological polar surface area (TPSA) is 0 Å². The third-order valence-corrected chi connectivity index (χ3v) is 0.470. The molecule has 0 atom stereocenters. The third-order valence-electron chi connectivity index (χ3n) is 0.470. The summed E-state index contributed by atoms with van der Waals surface area (Å²) < 4.78 is 33.3. The molecule has 0 heterocycles. The minimum absolute atomic E-state index is 0.375. The van der Waals surface area contributed by atoms with Crippen molar-refractivity contribution < 1.29 is 13.2 Å². The lowest BCUT2D eigenvalue weighted by atomic mass is 10.4. The molecule has 0 spiro atoms. The van der Waals surface area contributed by atoms with Gasteiger partial charge in [0.2, 0.25) is 0 Å². The zero-order valence-corrected chi connectivity index (χ0v) is 4.42. The van der Waals surface area contributed by atoms with E-state index in [1.807, 2.05) is 0 Å². The van der Waals surface area contributed by atoms with Gasteiger partial charge in [-0.1, -0.05) is 13.0 Å². The van der Waals surface area contributed by atoms with E-state index in [9.17, 15) is 13.2 Å². The first-order valence-corrected chi connectivity index (χ1v) is 2.22. The largest absolute Gasteiger partial charge is 0.416 e. The van der Waals surface area contributed by atoms with Gasteiger partial charge in [0.1, 0.15) is 0 Å². The molecule has 0 aromatic heterocycles. The Balaban J connectivity index is 3.52. The fraction of sp³-hybridized carbons (Fsp3) is 0.600. The maximum absolute atomic E-state index is 11.1. The molecule has 0 nitrogen and oxygen atoms in total. The van der Waals surface area contributed by atoms with Crippen molar-refractivity contribution >= 4 is 0 Å². The molecule has 3 heteroatoms. The summed E-state index contributed by atoms with van der Waals surface area (Å²) in [7, 11) is 0. The van der Waals surface area contributed by atoms with Crippen molar-refractivity contribution in [1.29, 1.82) is 0 Å². The van der Waals surface area contributed by atoms with Gasteiger partial charge in [-0.3, -0.25) is 0 Å². The second-order valence-electron chi connectivity index (χ2n) is 1.25. The molecule has 0 N–H and O–H groups in total. The number of hydrogen-bond acceptors (Lipinski definition) is 0. The van der Waals surface area contributed by atoms with E-state index in [2.05, 4.69) is 0 Å². The molecule has 0 aromatic carbocycles. The van der Waals surface area contributed by atoms with Crippen LogP contribution in [0.2, 0.25) is 0 Å². The first-order valence-electron chi connectivity index (χ1n) is 2.22. The lowest BCUT2D eigenvalue weighted by Crippen LogP contribution is -2.01. The highest BCUT2D eigenvalue weighted by Gasteiger charge is 2.22. The highest BCUT2D eigenvalue weighted by molar-refractivity contribution is 4.77. The molecule has 0 unspecified atom stereocenters. The molecule has 8 heavy (non-hydrogen) atoms. The molecular weight excluding hydrogens is 117 g/mol. The molecule has 0 saturated carbocycles. The summed E-state index contributed by atoms with van der Waals surface area (Å²) in [5.41, 5.74) is 0. The fourth-order valence-corrected chi connectivity index (χ4v) is 0.218. The van der Waals surface area contributed by atoms with Gasteiger partial charge in [-0.15, -0.1) is 0 Å². The van der Waals surface area contributed by atoms with Crippen molar-refractivity contribution in [3.63, 3.8) is 0 Å². The average Bonchev–Trinajstić information content (AvgIpc) is 1.59. The van der Waals surface area contributed by atoms with Crippen LogP contribution in [0.4, 0.5) is 13.2 Å². The van der Waals surface area contributed by atoms with Crippen LogP contribution in [0, 0.1) is 6.08 Å². The van der Waals surface area contributed by atoms with Crippen LogP contribution in [-0.4, -0.2) is 6.18 Å². The minimum atomic E-state index is -4.25. The number of halogens is 3. The maximum Gasteiger partial charge on any atom is 0.416 e. The molecule has 0 aliphatic heterocycles. The zero-order valence-electron chi connectivity index (χ0n) is 4.42. The summed E-state index contributed by atoms with van der Waals surface area (Å²) >= 11 is 0. The van der Waals surface area contributed by atoms with E-state index in [1.165, 1.54) is 6.08 Å². The Bertz CT molecular complexity index is 80.2. The highest BCUT2D eigenvalue weighted by Crippen LogP contribution is 2.14. The van der Waals surface area contributed by atoms with Crippen molar-refractivity contribution in [2.75, 3.05) is 0 Å². The highest BCUT2D eigenvalue weighted by atomic mass is 19.4. The van der Waals surface area contributed by atoms with Crippen molar-refractivity contribution in [2.24, 2.45) is 0 Å². The smallest absolute Gasteiger partial charge is 0.166 e. The van der Waals surface area contributed by atoms with Gasteiger partial charge in [0.15, 0.2) is 0 Å². The van der Waals surface area contributed by atoms with Gasteiger partial charge in [0.05, 0.1) is 6.08 Å². The minimum Gasteiger partial charge on any atom is -0.166 e. The van der Waals surface area contributed by atoms with Crippen LogP contribution in [0.25, 0.3) is 0 Å². The first kappa shape index (κ1) is 7.53. The Labute approximate surface area is 46.0 Å². The Kier molecular flexibility index (Phi) is 2.58. The van der Waals surface area contributed by atoms with Gasteiger partial charge in [0, 0.05) is 0 Å². The number of hydrogen-bond donors (Lipinski definition) is 0. The van der Waals surface area contributed by atoms with Gasteiger partial charge in [-0.2, -0.15) is 13.2 Å². The summed E-state index contributed by atoms with van der Waals surface area (Å²) in [5.74, 6) is 0. The molecular formula is C5H6F3. The van der Waals surface area contributed by atoms with E-state index in [0.29, 0.717) is 6.42 Å². The van der Waals surface area contributed by atoms with E-state index in [-0.39, 0.29) is 0 Å². The van der Waals surface area contributed by atoms with Crippen LogP contribution >= 0.6 is 0 Å². The van der Waals surface area contributed by atoms with E-state index < -0.39 is 6.18 Å². The van der Waals surface area contributed by atoms with E-state index in [0.717, 1.165) is 6.08 Å². The monoisotopic (exact) mass is 123 g/mol. The lowest BCUT2D eigenvalue weighted by molar-refractivity contribution is -0.0877. The van der Waals surface area contributed by atoms with Crippen molar-refractivity contribution in [3.05, 3.63) is 12.2 Å². The SMILES string of the molecule is CCC=[C]C(F)(F)F. The third kappa shape index (κ3) is 5.53. The van der Waals surface area contributed by atoms with Gasteiger partial charge in [-0.25, -0.2) is 0 Å². The van der Waals surface area contributed by atoms with Gasteiger partial charge < -0.3 is 0 Å². The fourth-order valence-electron chi connectivity index (χ4n) is 0.218. The molecule has 0 bridgehead atoms. The molecule has 0 saturated heterocycles. The summed E-state index contributed by atoms with van der Waals surface area (Å²) in [4.78, 5) is 0. The summed E-state index contributed by atoms with van der Waals surface area (Å²) in [5, 5.41) is 0. The maximum atomic E-state index is 11.1. The van der Waals surface area contributed by atoms with Gasteiger partial charge in [0.25, 0.3) is 0 Å². The number of rotatable bonds is 1. The van der Waals surface area contributed by atoms with Crippen molar-refractivity contribution in [2.45, 2.75) is 19.5 Å². The molecule has 0 fully saturated rings.